The van der Waals surface area contributed by atoms with Gasteiger partial charge >= 0.3 is 0 Å². The molecule has 2 aromatic rings. The number of nitrogens with one attached hydrogen (secondary N) is 1. The van der Waals surface area contributed by atoms with Gasteiger partial charge in [-0.15, -0.1) is 0 Å². The number of pyridine rings is 1. The van der Waals surface area contributed by atoms with Crippen molar-refractivity contribution in [1.82, 2.24) is 10.3 Å². The van der Waals surface area contributed by atoms with Crippen LogP contribution < -0.4 is 10.2 Å². The van der Waals surface area contributed by atoms with Crippen LogP contribution in [0.25, 0.3) is 10.9 Å². The van der Waals surface area contributed by atoms with Crippen LogP contribution in [0.1, 0.15) is 24.8 Å². The molecule has 1 saturated heterocycles. The number of hydrogen-bond acceptors (Lipinski definition) is 4. The second-order valence-electron chi connectivity index (χ2n) is 7.72. The molecule has 2 fully saturated rings. The van der Waals surface area contributed by atoms with Gasteiger partial charge in [-0.3, -0.25) is 9.78 Å². The third-order valence-electron chi connectivity index (χ3n) is 5.99. The molecule has 1 N–H and O–H groups in total. The van der Waals surface area contributed by atoms with Gasteiger partial charge in [0.05, 0.1) is 29.0 Å². The Bertz CT molecular complexity index is 961. The van der Waals surface area contributed by atoms with Crippen molar-refractivity contribution >= 4 is 22.5 Å². The summed E-state index contributed by atoms with van der Waals surface area (Å²) in [5, 5.41) is 12.6. The van der Waals surface area contributed by atoms with Gasteiger partial charge in [-0.2, -0.15) is 5.26 Å². The van der Waals surface area contributed by atoms with Gasteiger partial charge in [-0.25, -0.2) is 13.2 Å². The Kier molecular flexibility index (Phi) is 5.31. The molecule has 4 atom stereocenters. The van der Waals surface area contributed by atoms with E-state index in [2.05, 4.69) is 16.4 Å². The molecular formula is C21H21F3N4O. The maximum absolute atomic E-state index is 13.9. The lowest BCUT2D eigenvalue weighted by molar-refractivity contribution is -0.128. The number of rotatable bonds is 4. The number of carbonyl (C=O) groups excluding carboxylic acids is 1. The third-order valence-corrected chi connectivity index (χ3v) is 5.99. The molecule has 1 aliphatic carbocycles. The molecule has 1 aromatic carbocycles. The Morgan fingerprint density at radius 3 is 2.79 bits per heavy atom. The first-order chi connectivity index (χ1) is 14.0. The zero-order chi connectivity index (χ0) is 20.5. The molecule has 0 spiro atoms. The molecule has 8 heteroatoms. The van der Waals surface area contributed by atoms with Gasteiger partial charge in [0.1, 0.15) is 12.2 Å². The number of benzene rings is 1. The van der Waals surface area contributed by atoms with Crippen molar-refractivity contribution < 1.29 is 18.0 Å². The Morgan fingerprint density at radius 2 is 2.10 bits per heavy atom. The lowest BCUT2D eigenvalue weighted by Crippen LogP contribution is -2.44. The highest BCUT2D eigenvalue weighted by Gasteiger charge is 2.44. The van der Waals surface area contributed by atoms with E-state index in [-0.39, 0.29) is 13.1 Å². The minimum absolute atomic E-state index is 0.00929. The summed E-state index contributed by atoms with van der Waals surface area (Å²) >= 11 is 0. The predicted molar refractivity (Wildman–Crippen MR) is 102 cm³/mol. The summed E-state index contributed by atoms with van der Waals surface area (Å²) in [7, 11) is 0. The number of anilines is 1. The first kappa shape index (κ1) is 19.5. The molecular weight excluding hydrogens is 381 g/mol. The van der Waals surface area contributed by atoms with Gasteiger partial charge in [-0.05, 0) is 43.5 Å². The van der Waals surface area contributed by atoms with E-state index in [1.54, 1.807) is 35.4 Å². The van der Waals surface area contributed by atoms with Crippen molar-refractivity contribution in [2.45, 2.75) is 37.9 Å². The maximum atomic E-state index is 13.9. The molecule has 0 radical (unpaired) electrons. The zero-order valence-electron chi connectivity index (χ0n) is 15.7. The van der Waals surface area contributed by atoms with Crippen LogP contribution in [0.15, 0.2) is 30.5 Å². The van der Waals surface area contributed by atoms with Gasteiger partial charge in [0.2, 0.25) is 12.3 Å². The Balaban J connectivity index is 1.61. The summed E-state index contributed by atoms with van der Waals surface area (Å²) in [6.45, 7) is 0.121. The second kappa shape index (κ2) is 7.90. The molecule has 1 aromatic heterocycles. The summed E-state index contributed by atoms with van der Waals surface area (Å²) in [5.41, 5.74) is 1.57. The Labute approximate surface area is 166 Å². The van der Waals surface area contributed by atoms with Gasteiger partial charge < -0.3 is 10.2 Å². The summed E-state index contributed by atoms with van der Waals surface area (Å²) in [6.07, 6.45) is -0.590. The predicted octanol–water partition coefficient (Wildman–Crippen LogP) is 3.43. The van der Waals surface area contributed by atoms with Gasteiger partial charge in [0.25, 0.3) is 0 Å². The summed E-state index contributed by atoms with van der Waals surface area (Å²) in [4.78, 5) is 18.7. The minimum Gasteiger partial charge on any atom is -0.370 e. The fourth-order valence-corrected chi connectivity index (χ4v) is 4.45. The number of nitrogens with zero attached hydrogens (tertiary/aromatic N) is 3. The fourth-order valence-electron chi connectivity index (χ4n) is 4.45. The first-order valence-corrected chi connectivity index (χ1v) is 9.75. The molecule has 0 unspecified atom stereocenters. The number of amides is 1. The number of hydrogen-bond donors (Lipinski definition) is 1. The van der Waals surface area contributed by atoms with E-state index >= 15 is 0 Å². The zero-order valence-corrected chi connectivity index (χ0v) is 15.7. The van der Waals surface area contributed by atoms with Crippen molar-refractivity contribution in [3.05, 3.63) is 36.0 Å². The highest BCUT2D eigenvalue weighted by molar-refractivity contribution is 5.95. The monoisotopic (exact) mass is 402 g/mol. The molecule has 0 bridgehead atoms. The molecule has 4 rings (SSSR count). The SMILES string of the molecule is N#Cc1ccc(N2C[C@@H](C(=O)N[C@H]3CCC[C@H]3F)[C@H](C(F)F)C2)c2cccnc12. The van der Waals surface area contributed by atoms with Crippen LogP contribution in [0, 0.1) is 23.2 Å². The number of halogens is 3. The minimum atomic E-state index is -2.66. The molecule has 2 aliphatic rings. The van der Waals surface area contributed by atoms with E-state index in [9.17, 15) is 23.2 Å². The number of alkyl halides is 3. The van der Waals surface area contributed by atoms with Crippen LogP contribution in [0.5, 0.6) is 0 Å². The second-order valence-corrected chi connectivity index (χ2v) is 7.72. The molecule has 5 nitrogen and oxygen atoms in total. The van der Waals surface area contributed by atoms with Crippen molar-refractivity contribution in [2.24, 2.45) is 11.8 Å². The molecule has 152 valence electrons. The van der Waals surface area contributed by atoms with Gasteiger partial charge in [0.15, 0.2) is 0 Å². The number of nitriles is 1. The number of carbonyl (C=O) groups is 1. The average Bonchev–Trinajstić information content (AvgIpc) is 3.34. The Morgan fingerprint density at radius 1 is 1.28 bits per heavy atom. The van der Waals surface area contributed by atoms with Crippen molar-refractivity contribution in [3.63, 3.8) is 0 Å². The van der Waals surface area contributed by atoms with E-state index in [0.717, 1.165) is 0 Å². The van der Waals surface area contributed by atoms with Crippen LogP contribution >= 0.6 is 0 Å². The van der Waals surface area contributed by atoms with Crippen molar-refractivity contribution in [2.75, 3.05) is 18.0 Å². The average molecular weight is 402 g/mol. The molecule has 2 heterocycles. The number of fused-ring (bicyclic) bond motifs is 1. The molecule has 1 aliphatic heterocycles. The molecule has 1 amide bonds. The lowest BCUT2D eigenvalue weighted by atomic mass is 9.95. The van der Waals surface area contributed by atoms with Crippen LogP contribution in [0.3, 0.4) is 0 Å². The van der Waals surface area contributed by atoms with Gasteiger partial charge in [0, 0.05) is 30.4 Å². The first-order valence-electron chi connectivity index (χ1n) is 9.75. The van der Waals surface area contributed by atoms with E-state index in [1.165, 1.54) is 0 Å². The van der Waals surface area contributed by atoms with E-state index in [0.29, 0.717) is 41.4 Å². The third kappa shape index (κ3) is 3.61. The summed E-state index contributed by atoms with van der Waals surface area (Å²) in [5.74, 6) is -2.58. The topological polar surface area (TPSA) is 69.0 Å². The fraction of sp³-hybridized carbons (Fsp3) is 0.476. The molecule has 1 saturated carbocycles. The highest BCUT2D eigenvalue weighted by atomic mass is 19.3. The largest absolute Gasteiger partial charge is 0.370 e. The highest BCUT2D eigenvalue weighted by Crippen LogP contribution is 2.36. The van der Waals surface area contributed by atoms with Crippen LogP contribution in [0.4, 0.5) is 18.9 Å². The summed E-state index contributed by atoms with van der Waals surface area (Å²) in [6, 6.07) is 8.33. The van der Waals surface area contributed by atoms with Crippen molar-refractivity contribution in [3.8, 4) is 6.07 Å². The van der Waals surface area contributed by atoms with Crippen LogP contribution in [0.2, 0.25) is 0 Å². The maximum Gasteiger partial charge on any atom is 0.243 e. The lowest BCUT2D eigenvalue weighted by Gasteiger charge is -2.22. The molecule has 29 heavy (non-hydrogen) atoms. The van der Waals surface area contributed by atoms with Crippen molar-refractivity contribution in [1.29, 1.82) is 5.26 Å². The normalized spacial score (nSPS) is 26.8. The summed E-state index contributed by atoms with van der Waals surface area (Å²) < 4.78 is 41.3. The van der Waals surface area contributed by atoms with Crippen LogP contribution in [-0.2, 0) is 4.79 Å². The van der Waals surface area contributed by atoms with E-state index in [1.807, 2.05) is 0 Å². The van der Waals surface area contributed by atoms with Gasteiger partial charge in [-0.1, -0.05) is 0 Å². The quantitative estimate of drug-likeness (QED) is 0.851. The van der Waals surface area contributed by atoms with E-state index in [4.69, 9.17) is 0 Å². The smallest absolute Gasteiger partial charge is 0.243 e. The standard InChI is InChI=1S/C21H21F3N4O/c22-16-4-1-5-17(16)27-21(29)15-11-28(10-14(15)20(23)24)18-7-6-12(9-25)19-13(18)3-2-8-26-19/h2-3,6-8,14-17,20H,1,4-5,10-11H2,(H,27,29)/t14-,15-,16-,17+/m1/s1. The number of aromatic nitrogens is 1. The van der Waals surface area contributed by atoms with E-state index < -0.39 is 36.4 Å². The Hall–Kier alpha value is -2.82. The van der Waals surface area contributed by atoms with Crippen LogP contribution in [-0.4, -0.2) is 42.6 Å².